The molecule has 2 unspecified atom stereocenters. The highest BCUT2D eigenvalue weighted by Gasteiger charge is 2.36. The van der Waals surface area contributed by atoms with Gasteiger partial charge in [-0.25, -0.2) is 4.39 Å². The van der Waals surface area contributed by atoms with Crippen molar-refractivity contribution < 1.29 is 4.39 Å². The molecule has 4 rings (SSSR count). The first-order valence-corrected chi connectivity index (χ1v) is 12.6. The van der Waals surface area contributed by atoms with Gasteiger partial charge < -0.3 is 20.4 Å². The summed E-state index contributed by atoms with van der Waals surface area (Å²) in [6.45, 7) is 8.64. The van der Waals surface area contributed by atoms with Crippen molar-refractivity contribution in [3.8, 4) is 0 Å². The van der Waals surface area contributed by atoms with Crippen LogP contribution in [0, 0.1) is 5.82 Å². The quantitative estimate of drug-likeness (QED) is 0.227. The summed E-state index contributed by atoms with van der Waals surface area (Å²) in [7, 11) is 2.31. The van der Waals surface area contributed by atoms with Crippen LogP contribution in [0.5, 0.6) is 0 Å². The highest BCUT2D eigenvalue weighted by atomic mass is 127. The zero-order chi connectivity index (χ0) is 22.3. The molecule has 6 nitrogen and oxygen atoms in total. The Kier molecular flexibility index (Phi) is 10.5. The molecule has 3 saturated heterocycles. The largest absolute Gasteiger partial charge is 0.367 e. The van der Waals surface area contributed by atoms with Gasteiger partial charge in [0.05, 0.1) is 5.69 Å². The van der Waals surface area contributed by atoms with Crippen LogP contribution in [0.4, 0.5) is 10.1 Å². The number of piperidine rings is 2. The Bertz CT molecular complexity index is 740. The number of fused-ring (bicyclic) bond motifs is 2. The summed E-state index contributed by atoms with van der Waals surface area (Å²) in [4.78, 5) is 12.1. The minimum absolute atomic E-state index is 0. The van der Waals surface area contributed by atoms with Crippen molar-refractivity contribution in [3.63, 3.8) is 0 Å². The van der Waals surface area contributed by atoms with E-state index in [0.29, 0.717) is 6.04 Å². The average molecular weight is 573 g/mol. The first-order valence-electron chi connectivity index (χ1n) is 12.6. The predicted octanol–water partition coefficient (Wildman–Crippen LogP) is 3.53. The summed E-state index contributed by atoms with van der Waals surface area (Å²) in [5.41, 5.74) is 0.733. The van der Waals surface area contributed by atoms with Crippen LogP contribution in [0.1, 0.15) is 45.4 Å². The van der Waals surface area contributed by atoms with E-state index in [2.05, 4.69) is 39.3 Å². The molecule has 1 aromatic carbocycles. The highest BCUT2D eigenvalue weighted by Crippen LogP contribution is 2.32. The molecule has 3 heterocycles. The maximum atomic E-state index is 14.0. The molecule has 0 radical (unpaired) electrons. The fourth-order valence-corrected chi connectivity index (χ4v) is 5.65. The monoisotopic (exact) mass is 572 g/mol. The van der Waals surface area contributed by atoms with E-state index in [1.807, 2.05) is 12.1 Å². The van der Waals surface area contributed by atoms with Crippen LogP contribution >= 0.6 is 24.0 Å². The number of guanidine groups is 1. The van der Waals surface area contributed by atoms with Gasteiger partial charge in [0.1, 0.15) is 5.82 Å². The van der Waals surface area contributed by atoms with Crippen molar-refractivity contribution in [3.05, 3.63) is 30.1 Å². The van der Waals surface area contributed by atoms with Crippen LogP contribution in [0.2, 0.25) is 0 Å². The third-order valence-corrected chi connectivity index (χ3v) is 7.49. The van der Waals surface area contributed by atoms with E-state index in [9.17, 15) is 4.39 Å². The second-order valence-corrected chi connectivity index (χ2v) is 9.61. The molecule has 2 bridgehead atoms. The summed E-state index contributed by atoms with van der Waals surface area (Å²) in [6.07, 6.45) is 7.56. The number of rotatable bonds is 7. The predicted molar refractivity (Wildman–Crippen MR) is 146 cm³/mol. The molecule has 0 amide bonds. The number of nitrogens with zero attached hydrogens (tertiary/aromatic N) is 4. The molecule has 186 valence electrons. The molecule has 3 aliphatic heterocycles. The van der Waals surface area contributed by atoms with E-state index in [4.69, 9.17) is 4.99 Å². The van der Waals surface area contributed by atoms with Gasteiger partial charge in [-0.1, -0.05) is 18.6 Å². The van der Waals surface area contributed by atoms with E-state index >= 15 is 0 Å². The molecule has 1 aromatic rings. The number of aliphatic imine (C=N–C) groups is 1. The fourth-order valence-electron chi connectivity index (χ4n) is 5.65. The molecular formula is C25H42FIN6. The maximum Gasteiger partial charge on any atom is 0.191 e. The number of anilines is 1. The van der Waals surface area contributed by atoms with Gasteiger partial charge in [-0.2, -0.15) is 0 Å². The Balaban J connectivity index is 0.00000306. The molecular weight excluding hydrogens is 530 g/mol. The van der Waals surface area contributed by atoms with Gasteiger partial charge in [-0.3, -0.25) is 9.89 Å². The van der Waals surface area contributed by atoms with Crippen LogP contribution in [-0.2, 0) is 0 Å². The van der Waals surface area contributed by atoms with Crippen LogP contribution in [0.15, 0.2) is 29.3 Å². The van der Waals surface area contributed by atoms with Gasteiger partial charge in [0, 0.05) is 63.9 Å². The van der Waals surface area contributed by atoms with Crippen LogP contribution in [0.25, 0.3) is 0 Å². The number of para-hydroxylation sites is 1. The third-order valence-electron chi connectivity index (χ3n) is 7.49. The van der Waals surface area contributed by atoms with E-state index in [0.717, 1.165) is 76.0 Å². The first kappa shape index (κ1) is 26.5. The van der Waals surface area contributed by atoms with Gasteiger partial charge >= 0.3 is 0 Å². The van der Waals surface area contributed by atoms with Crippen molar-refractivity contribution in [2.75, 3.05) is 57.8 Å². The molecule has 3 fully saturated rings. The van der Waals surface area contributed by atoms with Gasteiger partial charge in [-0.15, -0.1) is 24.0 Å². The van der Waals surface area contributed by atoms with Crippen LogP contribution in [0.3, 0.4) is 0 Å². The molecule has 2 N–H and O–H groups in total. The Morgan fingerprint density at radius 1 is 1.09 bits per heavy atom. The van der Waals surface area contributed by atoms with E-state index < -0.39 is 0 Å². The number of hydrogen-bond donors (Lipinski definition) is 2. The summed E-state index contributed by atoms with van der Waals surface area (Å²) < 4.78 is 14.0. The zero-order valence-electron chi connectivity index (χ0n) is 20.3. The standard InChI is InChI=1S/C25H41FN6.HI/c1-3-27-25(29-20-18-21-8-6-9-22(19-20)30(21)2)28-12-7-13-31-14-16-32(17-15-31)24-11-5-4-10-23(24)26;/h4-5,10-11,20-22H,3,6-9,12-19H2,1-2H3,(H2,27,28,29);1H. The minimum atomic E-state index is -0.119. The Morgan fingerprint density at radius 2 is 1.79 bits per heavy atom. The summed E-state index contributed by atoms with van der Waals surface area (Å²) in [6, 6.07) is 9.09. The third kappa shape index (κ3) is 7.18. The first-order chi connectivity index (χ1) is 15.6. The number of hydrogen-bond acceptors (Lipinski definition) is 4. The Morgan fingerprint density at radius 3 is 2.45 bits per heavy atom. The van der Waals surface area contributed by atoms with Crippen molar-refractivity contribution >= 4 is 35.6 Å². The number of nitrogens with one attached hydrogen (secondary N) is 2. The molecule has 0 aromatic heterocycles. The number of halogens is 2. The molecule has 0 saturated carbocycles. The number of piperazine rings is 1. The topological polar surface area (TPSA) is 46.1 Å². The normalized spacial score (nSPS) is 26.6. The zero-order valence-corrected chi connectivity index (χ0v) is 22.6. The lowest BCUT2D eigenvalue weighted by Crippen LogP contribution is -2.56. The lowest BCUT2D eigenvalue weighted by atomic mass is 9.82. The van der Waals surface area contributed by atoms with E-state index in [-0.39, 0.29) is 29.8 Å². The van der Waals surface area contributed by atoms with E-state index in [1.54, 1.807) is 12.1 Å². The van der Waals surface area contributed by atoms with Gasteiger partial charge in [-0.05, 0) is 58.2 Å². The molecule has 0 aliphatic carbocycles. The SMILES string of the molecule is CCNC(=NCCCN1CCN(c2ccccc2F)CC1)NC1CC2CCCC(C1)N2C.I. The van der Waals surface area contributed by atoms with Crippen LogP contribution < -0.4 is 15.5 Å². The smallest absolute Gasteiger partial charge is 0.191 e. The lowest BCUT2D eigenvalue weighted by Gasteiger charge is -2.47. The average Bonchev–Trinajstić information content (AvgIpc) is 2.78. The van der Waals surface area contributed by atoms with Gasteiger partial charge in [0.2, 0.25) is 0 Å². The second kappa shape index (κ2) is 13.1. The van der Waals surface area contributed by atoms with Crippen molar-refractivity contribution in [1.82, 2.24) is 20.4 Å². The maximum absolute atomic E-state index is 14.0. The van der Waals surface area contributed by atoms with E-state index in [1.165, 1.54) is 32.1 Å². The minimum Gasteiger partial charge on any atom is -0.367 e. The van der Waals surface area contributed by atoms with Gasteiger partial charge in [0.15, 0.2) is 5.96 Å². The molecule has 2 atom stereocenters. The molecule has 33 heavy (non-hydrogen) atoms. The second-order valence-electron chi connectivity index (χ2n) is 9.61. The Labute approximate surface area is 216 Å². The van der Waals surface area contributed by atoms with Crippen molar-refractivity contribution in [1.29, 1.82) is 0 Å². The summed E-state index contributed by atoms with van der Waals surface area (Å²) >= 11 is 0. The van der Waals surface area contributed by atoms with Crippen molar-refractivity contribution in [2.45, 2.75) is 63.6 Å². The Hall–Kier alpha value is -1.13. The lowest BCUT2D eigenvalue weighted by molar-refractivity contribution is 0.0526. The van der Waals surface area contributed by atoms with Crippen LogP contribution in [-0.4, -0.2) is 86.7 Å². The van der Waals surface area contributed by atoms with Gasteiger partial charge in [0.25, 0.3) is 0 Å². The highest BCUT2D eigenvalue weighted by molar-refractivity contribution is 14.0. The summed E-state index contributed by atoms with van der Waals surface area (Å²) in [5, 5.41) is 7.17. The fraction of sp³-hybridized carbons (Fsp3) is 0.720. The van der Waals surface area contributed by atoms with Crippen molar-refractivity contribution in [2.24, 2.45) is 4.99 Å². The number of benzene rings is 1. The molecule has 3 aliphatic rings. The summed E-state index contributed by atoms with van der Waals surface area (Å²) in [5.74, 6) is 0.858. The molecule has 0 spiro atoms. The molecule has 8 heteroatoms.